The Bertz CT molecular complexity index is 186. The fraction of sp³-hybridized carbons (Fsp3) is 1.00. The predicted octanol–water partition coefficient (Wildman–Crippen LogP) is 4.76. The maximum Gasteiger partial charge on any atom is 0.000781 e. The zero-order valence-corrected chi connectivity index (χ0v) is 12.4. The molecule has 0 spiro atoms. The van der Waals surface area contributed by atoms with Crippen molar-refractivity contribution < 1.29 is 0 Å². The molecule has 0 amide bonds. The van der Waals surface area contributed by atoms with Crippen LogP contribution in [0.3, 0.4) is 0 Å². The number of rotatable bonds is 11. The molecule has 1 heteroatoms. The Morgan fingerprint density at radius 1 is 1.00 bits per heavy atom. The highest BCUT2D eigenvalue weighted by Gasteiger charge is 2.40. The fourth-order valence-electron chi connectivity index (χ4n) is 2.90. The summed E-state index contributed by atoms with van der Waals surface area (Å²) in [5, 5.41) is 3.65. The van der Waals surface area contributed by atoms with Crippen LogP contribution < -0.4 is 5.32 Å². The third-order valence-electron chi connectivity index (χ3n) is 4.37. The second-order valence-electron chi connectivity index (χ2n) is 6.27. The first-order valence-corrected chi connectivity index (χ1v) is 7.93. The molecule has 1 aliphatic rings. The Hall–Kier alpha value is -0.0400. The smallest absolute Gasteiger partial charge is 0.000781 e. The standard InChI is InChI=1S/C16H33N/c1-4-6-7-8-9-12-16(3,15-10-11-15)14-17-13-5-2/h15,17H,4-14H2,1-3H3. The van der Waals surface area contributed by atoms with Crippen LogP contribution in [0.2, 0.25) is 0 Å². The summed E-state index contributed by atoms with van der Waals surface area (Å²) in [5.41, 5.74) is 0.599. The first-order valence-electron chi connectivity index (χ1n) is 7.93. The molecule has 1 saturated carbocycles. The highest BCUT2D eigenvalue weighted by Crippen LogP contribution is 2.48. The van der Waals surface area contributed by atoms with Crippen molar-refractivity contribution in [2.45, 2.75) is 78.6 Å². The number of hydrogen-bond donors (Lipinski definition) is 1. The summed E-state index contributed by atoms with van der Waals surface area (Å²) in [5.74, 6) is 1.03. The van der Waals surface area contributed by atoms with Gasteiger partial charge < -0.3 is 5.32 Å². The van der Waals surface area contributed by atoms with Crippen molar-refractivity contribution in [3.63, 3.8) is 0 Å². The van der Waals surface area contributed by atoms with Crippen molar-refractivity contribution >= 4 is 0 Å². The van der Waals surface area contributed by atoms with Gasteiger partial charge in [0.2, 0.25) is 0 Å². The summed E-state index contributed by atoms with van der Waals surface area (Å²) < 4.78 is 0. The van der Waals surface area contributed by atoms with Gasteiger partial charge in [0.15, 0.2) is 0 Å². The van der Waals surface area contributed by atoms with E-state index in [-0.39, 0.29) is 0 Å². The Labute approximate surface area is 109 Å². The minimum atomic E-state index is 0.599. The van der Waals surface area contributed by atoms with E-state index in [1.165, 1.54) is 70.9 Å². The van der Waals surface area contributed by atoms with Gasteiger partial charge in [-0.15, -0.1) is 0 Å². The van der Waals surface area contributed by atoms with Gasteiger partial charge in [0.05, 0.1) is 0 Å². The van der Waals surface area contributed by atoms with E-state index in [4.69, 9.17) is 0 Å². The summed E-state index contributed by atoms with van der Waals surface area (Å²) in [6.45, 7) is 9.51. The molecular formula is C16H33N. The monoisotopic (exact) mass is 239 g/mol. The first kappa shape index (κ1) is 15.0. The van der Waals surface area contributed by atoms with Crippen molar-refractivity contribution in [1.29, 1.82) is 0 Å². The van der Waals surface area contributed by atoms with Crippen LogP contribution in [0.5, 0.6) is 0 Å². The van der Waals surface area contributed by atoms with Gasteiger partial charge in [-0.05, 0) is 43.6 Å². The topological polar surface area (TPSA) is 12.0 Å². The van der Waals surface area contributed by atoms with Crippen molar-refractivity contribution in [2.24, 2.45) is 11.3 Å². The zero-order valence-electron chi connectivity index (χ0n) is 12.4. The van der Waals surface area contributed by atoms with Gasteiger partial charge in [-0.3, -0.25) is 0 Å². The lowest BCUT2D eigenvalue weighted by atomic mass is 9.79. The summed E-state index contributed by atoms with van der Waals surface area (Å²) in [7, 11) is 0. The minimum Gasteiger partial charge on any atom is -0.316 e. The second-order valence-corrected chi connectivity index (χ2v) is 6.27. The molecule has 0 saturated heterocycles. The van der Waals surface area contributed by atoms with E-state index in [1.807, 2.05) is 0 Å². The van der Waals surface area contributed by atoms with Crippen LogP contribution in [-0.4, -0.2) is 13.1 Å². The van der Waals surface area contributed by atoms with Crippen molar-refractivity contribution in [2.75, 3.05) is 13.1 Å². The van der Waals surface area contributed by atoms with E-state index in [0.717, 1.165) is 5.92 Å². The lowest BCUT2D eigenvalue weighted by Crippen LogP contribution is -2.34. The van der Waals surface area contributed by atoms with Gasteiger partial charge in [0.1, 0.15) is 0 Å². The second kappa shape index (κ2) is 8.13. The molecule has 0 radical (unpaired) electrons. The van der Waals surface area contributed by atoms with Gasteiger partial charge in [0, 0.05) is 6.54 Å². The molecule has 0 bridgehead atoms. The minimum absolute atomic E-state index is 0.599. The molecule has 1 N–H and O–H groups in total. The molecule has 102 valence electrons. The molecule has 0 aromatic carbocycles. The van der Waals surface area contributed by atoms with Gasteiger partial charge in [-0.1, -0.05) is 52.9 Å². The Kier molecular flexibility index (Phi) is 7.18. The van der Waals surface area contributed by atoms with Crippen LogP contribution in [-0.2, 0) is 0 Å². The van der Waals surface area contributed by atoms with Crippen LogP contribution in [0, 0.1) is 11.3 Å². The maximum atomic E-state index is 3.65. The van der Waals surface area contributed by atoms with Crippen LogP contribution >= 0.6 is 0 Å². The number of hydrogen-bond acceptors (Lipinski definition) is 1. The molecule has 0 aliphatic heterocycles. The first-order chi connectivity index (χ1) is 8.23. The Balaban J connectivity index is 2.17. The summed E-state index contributed by atoms with van der Waals surface area (Å²) in [6, 6.07) is 0. The fourth-order valence-corrected chi connectivity index (χ4v) is 2.90. The molecule has 1 atom stereocenters. The van der Waals surface area contributed by atoms with Gasteiger partial charge in [0.25, 0.3) is 0 Å². The van der Waals surface area contributed by atoms with Crippen molar-refractivity contribution in [1.82, 2.24) is 5.32 Å². The Morgan fingerprint density at radius 3 is 2.29 bits per heavy atom. The predicted molar refractivity (Wildman–Crippen MR) is 77.4 cm³/mol. The highest BCUT2D eigenvalue weighted by atomic mass is 14.9. The lowest BCUT2D eigenvalue weighted by Gasteiger charge is -2.30. The van der Waals surface area contributed by atoms with Crippen LogP contribution in [0.1, 0.15) is 78.6 Å². The van der Waals surface area contributed by atoms with Gasteiger partial charge in [-0.2, -0.15) is 0 Å². The largest absolute Gasteiger partial charge is 0.316 e. The van der Waals surface area contributed by atoms with Crippen molar-refractivity contribution in [3.05, 3.63) is 0 Å². The van der Waals surface area contributed by atoms with E-state index >= 15 is 0 Å². The SMILES string of the molecule is CCCCCCCC(C)(CNCCC)C1CC1. The van der Waals surface area contributed by atoms with E-state index in [9.17, 15) is 0 Å². The average Bonchev–Trinajstić information content (AvgIpc) is 3.13. The molecule has 1 rings (SSSR count). The summed E-state index contributed by atoms with van der Waals surface area (Å²) in [4.78, 5) is 0. The summed E-state index contributed by atoms with van der Waals surface area (Å²) in [6.07, 6.45) is 12.8. The number of unbranched alkanes of at least 4 members (excludes halogenated alkanes) is 4. The average molecular weight is 239 g/mol. The Morgan fingerprint density at radius 2 is 1.71 bits per heavy atom. The van der Waals surface area contributed by atoms with Crippen LogP contribution in [0.4, 0.5) is 0 Å². The van der Waals surface area contributed by atoms with Gasteiger partial charge >= 0.3 is 0 Å². The quantitative estimate of drug-likeness (QED) is 0.512. The lowest BCUT2D eigenvalue weighted by molar-refractivity contribution is 0.228. The van der Waals surface area contributed by atoms with Gasteiger partial charge in [-0.25, -0.2) is 0 Å². The molecule has 1 unspecified atom stereocenters. The molecule has 17 heavy (non-hydrogen) atoms. The van der Waals surface area contributed by atoms with Crippen LogP contribution in [0.25, 0.3) is 0 Å². The normalized spacial score (nSPS) is 19.2. The third-order valence-corrected chi connectivity index (χ3v) is 4.37. The number of nitrogens with one attached hydrogen (secondary N) is 1. The summed E-state index contributed by atoms with van der Waals surface area (Å²) >= 11 is 0. The molecule has 0 heterocycles. The van der Waals surface area contributed by atoms with E-state index in [1.54, 1.807) is 0 Å². The maximum absolute atomic E-state index is 3.65. The van der Waals surface area contributed by atoms with E-state index in [0.29, 0.717) is 5.41 Å². The van der Waals surface area contributed by atoms with E-state index < -0.39 is 0 Å². The van der Waals surface area contributed by atoms with Crippen molar-refractivity contribution in [3.8, 4) is 0 Å². The zero-order chi connectivity index (χ0) is 12.6. The van der Waals surface area contributed by atoms with E-state index in [2.05, 4.69) is 26.1 Å². The molecular weight excluding hydrogens is 206 g/mol. The molecule has 0 aromatic heterocycles. The molecule has 1 aliphatic carbocycles. The molecule has 0 aromatic rings. The van der Waals surface area contributed by atoms with Crippen LogP contribution in [0.15, 0.2) is 0 Å². The molecule has 1 fully saturated rings. The highest BCUT2D eigenvalue weighted by molar-refractivity contribution is 4.92. The third kappa shape index (κ3) is 5.90. The molecule has 1 nitrogen and oxygen atoms in total.